The summed E-state index contributed by atoms with van der Waals surface area (Å²) < 4.78 is 27.1. The standard InChI is InChI=1S/C15H26N4O3S/c1-3-19(4-2)23(21,22)14-6-5-7-16-15(14)18-10-8-17(9-11-18)12-13-20/h5-7,20H,3-4,8-13H2,1-2H3. The van der Waals surface area contributed by atoms with E-state index in [2.05, 4.69) is 9.88 Å². The van der Waals surface area contributed by atoms with Gasteiger partial charge in [-0.05, 0) is 12.1 Å². The summed E-state index contributed by atoms with van der Waals surface area (Å²) in [6, 6.07) is 3.30. The lowest BCUT2D eigenvalue weighted by molar-refractivity contribution is 0.188. The summed E-state index contributed by atoms with van der Waals surface area (Å²) in [5.74, 6) is 0.531. The second kappa shape index (κ2) is 8.05. The summed E-state index contributed by atoms with van der Waals surface area (Å²) >= 11 is 0. The second-order valence-corrected chi connectivity index (χ2v) is 7.37. The maximum absolute atomic E-state index is 12.8. The molecule has 0 saturated carbocycles. The van der Waals surface area contributed by atoms with Crippen molar-refractivity contribution >= 4 is 15.8 Å². The highest BCUT2D eigenvalue weighted by molar-refractivity contribution is 7.89. The zero-order valence-electron chi connectivity index (χ0n) is 13.8. The molecule has 8 heteroatoms. The summed E-state index contributed by atoms with van der Waals surface area (Å²) in [6.45, 7) is 8.36. The second-order valence-electron chi connectivity index (χ2n) is 5.47. The van der Waals surface area contributed by atoms with Crippen LogP contribution in [0.25, 0.3) is 0 Å². The molecule has 0 unspecified atom stereocenters. The Morgan fingerprint density at radius 3 is 2.43 bits per heavy atom. The Labute approximate surface area is 138 Å². The lowest BCUT2D eigenvalue weighted by Crippen LogP contribution is -2.48. The Balaban J connectivity index is 2.25. The van der Waals surface area contributed by atoms with Crippen LogP contribution in [-0.2, 0) is 10.0 Å². The highest BCUT2D eigenvalue weighted by Gasteiger charge is 2.29. The van der Waals surface area contributed by atoms with E-state index in [-0.39, 0.29) is 11.5 Å². The summed E-state index contributed by atoms with van der Waals surface area (Å²) in [5.41, 5.74) is 0. The topological polar surface area (TPSA) is 77.0 Å². The number of hydrogen-bond acceptors (Lipinski definition) is 6. The molecule has 2 rings (SSSR count). The summed E-state index contributed by atoms with van der Waals surface area (Å²) in [7, 11) is -3.53. The Hall–Kier alpha value is -1.22. The van der Waals surface area contributed by atoms with Crippen LogP contribution in [0.5, 0.6) is 0 Å². The van der Waals surface area contributed by atoms with Crippen molar-refractivity contribution in [2.75, 3.05) is 57.3 Å². The number of pyridine rings is 1. The number of hydrogen-bond donors (Lipinski definition) is 1. The van der Waals surface area contributed by atoms with Crippen molar-refractivity contribution in [2.45, 2.75) is 18.7 Å². The monoisotopic (exact) mass is 342 g/mol. The van der Waals surface area contributed by atoms with Crippen LogP contribution >= 0.6 is 0 Å². The first-order chi connectivity index (χ1) is 11.0. The normalized spacial score (nSPS) is 17.0. The largest absolute Gasteiger partial charge is 0.395 e. The fourth-order valence-electron chi connectivity index (χ4n) is 2.85. The van der Waals surface area contributed by atoms with E-state index in [1.54, 1.807) is 18.3 Å². The van der Waals surface area contributed by atoms with E-state index in [9.17, 15) is 8.42 Å². The van der Waals surface area contributed by atoms with Crippen molar-refractivity contribution in [3.63, 3.8) is 0 Å². The van der Waals surface area contributed by atoms with Crippen molar-refractivity contribution in [3.05, 3.63) is 18.3 Å². The van der Waals surface area contributed by atoms with Crippen molar-refractivity contribution in [2.24, 2.45) is 0 Å². The molecule has 7 nitrogen and oxygen atoms in total. The number of aromatic nitrogens is 1. The van der Waals surface area contributed by atoms with Crippen LogP contribution in [0.1, 0.15) is 13.8 Å². The smallest absolute Gasteiger partial charge is 0.246 e. The van der Waals surface area contributed by atoms with Crippen LogP contribution in [0.15, 0.2) is 23.2 Å². The molecule has 1 saturated heterocycles. The molecule has 0 radical (unpaired) electrons. The van der Waals surface area contributed by atoms with Crippen LogP contribution in [0.2, 0.25) is 0 Å². The third-order valence-corrected chi connectivity index (χ3v) is 6.23. The number of piperazine rings is 1. The first-order valence-electron chi connectivity index (χ1n) is 8.07. The van der Waals surface area contributed by atoms with E-state index >= 15 is 0 Å². The van der Waals surface area contributed by atoms with Gasteiger partial charge in [0.15, 0.2) is 0 Å². The zero-order chi connectivity index (χ0) is 16.9. The Morgan fingerprint density at radius 1 is 1.22 bits per heavy atom. The number of sulfonamides is 1. The molecule has 1 aromatic heterocycles. The third-order valence-electron chi connectivity index (χ3n) is 4.16. The molecule has 23 heavy (non-hydrogen) atoms. The fraction of sp³-hybridized carbons (Fsp3) is 0.667. The number of β-amino-alcohol motifs (C(OH)–C–C–N with tert-alkyl or cyclic N) is 1. The minimum atomic E-state index is -3.53. The molecule has 1 aliphatic heterocycles. The molecule has 0 atom stereocenters. The molecular weight excluding hydrogens is 316 g/mol. The van der Waals surface area contributed by atoms with Crippen LogP contribution in [-0.4, -0.2) is 80.1 Å². The van der Waals surface area contributed by atoms with Gasteiger partial charge < -0.3 is 10.0 Å². The van der Waals surface area contributed by atoms with Gasteiger partial charge >= 0.3 is 0 Å². The van der Waals surface area contributed by atoms with E-state index in [1.807, 2.05) is 18.7 Å². The molecule has 0 spiro atoms. The number of nitrogens with zero attached hydrogens (tertiary/aromatic N) is 4. The van der Waals surface area contributed by atoms with E-state index in [0.29, 0.717) is 38.5 Å². The molecule has 2 heterocycles. The number of aliphatic hydroxyl groups excluding tert-OH is 1. The lowest BCUT2D eigenvalue weighted by atomic mass is 10.3. The van der Waals surface area contributed by atoms with Gasteiger partial charge in [0.1, 0.15) is 10.7 Å². The molecule has 130 valence electrons. The molecular formula is C15H26N4O3S. The van der Waals surface area contributed by atoms with Crippen molar-refractivity contribution in [1.82, 2.24) is 14.2 Å². The predicted octanol–water partition coefficient (Wildman–Crippen LogP) is 0.226. The Bertz CT molecular complexity index is 596. The number of anilines is 1. The molecule has 1 N–H and O–H groups in total. The highest BCUT2D eigenvalue weighted by Crippen LogP contribution is 2.26. The predicted molar refractivity (Wildman–Crippen MR) is 90.1 cm³/mol. The van der Waals surface area contributed by atoms with Gasteiger partial charge in [0.05, 0.1) is 6.61 Å². The van der Waals surface area contributed by atoms with Gasteiger partial charge in [-0.15, -0.1) is 0 Å². The quantitative estimate of drug-likeness (QED) is 0.764. The van der Waals surface area contributed by atoms with Crippen LogP contribution in [0.4, 0.5) is 5.82 Å². The Kier molecular flexibility index (Phi) is 6.34. The average molecular weight is 342 g/mol. The van der Waals surface area contributed by atoms with Gasteiger partial charge in [0.25, 0.3) is 0 Å². The van der Waals surface area contributed by atoms with Gasteiger partial charge in [0.2, 0.25) is 10.0 Å². The van der Waals surface area contributed by atoms with Crippen molar-refractivity contribution in [3.8, 4) is 0 Å². The summed E-state index contributed by atoms with van der Waals surface area (Å²) in [5, 5.41) is 9.02. The van der Waals surface area contributed by atoms with Gasteiger partial charge in [-0.1, -0.05) is 13.8 Å². The van der Waals surface area contributed by atoms with Crippen LogP contribution in [0.3, 0.4) is 0 Å². The van der Waals surface area contributed by atoms with Gasteiger partial charge in [-0.2, -0.15) is 4.31 Å². The van der Waals surface area contributed by atoms with Crippen molar-refractivity contribution in [1.29, 1.82) is 0 Å². The SMILES string of the molecule is CCN(CC)S(=O)(=O)c1cccnc1N1CCN(CCO)CC1. The molecule has 0 aliphatic carbocycles. The van der Waals surface area contributed by atoms with E-state index < -0.39 is 10.0 Å². The highest BCUT2D eigenvalue weighted by atomic mass is 32.2. The molecule has 1 aliphatic rings. The van der Waals surface area contributed by atoms with E-state index in [1.165, 1.54) is 4.31 Å². The maximum atomic E-state index is 12.8. The first-order valence-corrected chi connectivity index (χ1v) is 9.51. The molecule has 1 aromatic rings. The maximum Gasteiger partial charge on any atom is 0.246 e. The summed E-state index contributed by atoms with van der Waals surface area (Å²) in [4.78, 5) is 8.80. The third kappa shape index (κ3) is 4.00. The minimum Gasteiger partial charge on any atom is -0.395 e. The Morgan fingerprint density at radius 2 is 1.87 bits per heavy atom. The summed E-state index contributed by atoms with van der Waals surface area (Å²) in [6.07, 6.45) is 1.64. The number of rotatable bonds is 7. The minimum absolute atomic E-state index is 0.144. The fourth-order valence-corrected chi connectivity index (χ4v) is 4.47. The van der Waals surface area contributed by atoms with Crippen LogP contribution in [0, 0.1) is 0 Å². The average Bonchev–Trinajstić information content (AvgIpc) is 2.57. The first kappa shape index (κ1) is 18.1. The molecule has 0 amide bonds. The molecule has 0 bridgehead atoms. The van der Waals surface area contributed by atoms with E-state index in [4.69, 9.17) is 5.11 Å². The van der Waals surface area contributed by atoms with Gasteiger partial charge in [-0.25, -0.2) is 13.4 Å². The zero-order valence-corrected chi connectivity index (χ0v) is 14.7. The van der Waals surface area contributed by atoms with Gasteiger partial charge in [-0.3, -0.25) is 4.90 Å². The van der Waals surface area contributed by atoms with Crippen molar-refractivity contribution < 1.29 is 13.5 Å². The lowest BCUT2D eigenvalue weighted by Gasteiger charge is -2.36. The van der Waals surface area contributed by atoms with Gasteiger partial charge in [0, 0.05) is 52.0 Å². The van der Waals surface area contributed by atoms with E-state index in [0.717, 1.165) is 13.1 Å². The number of aliphatic hydroxyl groups is 1. The van der Waals surface area contributed by atoms with Crippen LogP contribution < -0.4 is 4.90 Å². The molecule has 1 fully saturated rings. The molecule has 0 aromatic carbocycles.